The smallest absolute Gasteiger partial charge is 0.416 e. The number of ether oxygens (including phenoxy) is 1. The van der Waals surface area contributed by atoms with Crippen LogP contribution in [0.3, 0.4) is 0 Å². The summed E-state index contributed by atoms with van der Waals surface area (Å²) in [5.74, 6) is -3.05. The Hall–Kier alpha value is -3.15. The van der Waals surface area contributed by atoms with Crippen LogP contribution in [0.4, 0.5) is 27.6 Å². The fourth-order valence-electron chi connectivity index (χ4n) is 2.94. The first-order valence-electron chi connectivity index (χ1n) is 10.5. The minimum atomic E-state index is -4.56. The molecule has 35 heavy (non-hydrogen) atoms. The molecule has 0 aromatic heterocycles. The van der Waals surface area contributed by atoms with Crippen LogP contribution >= 0.6 is 0 Å². The summed E-state index contributed by atoms with van der Waals surface area (Å²) in [6.07, 6.45) is -0.0947. The van der Waals surface area contributed by atoms with Crippen LogP contribution in [0.1, 0.15) is 49.4 Å². The molecule has 12 heteroatoms. The Morgan fingerprint density at radius 3 is 2.31 bits per heavy atom. The van der Waals surface area contributed by atoms with Crippen LogP contribution in [-0.4, -0.2) is 27.2 Å². The Morgan fingerprint density at radius 1 is 1.14 bits per heavy atom. The third-order valence-electron chi connectivity index (χ3n) is 4.72. The maximum atomic E-state index is 14.2. The summed E-state index contributed by atoms with van der Waals surface area (Å²) in [5, 5.41) is 2.48. The van der Waals surface area contributed by atoms with E-state index in [1.54, 1.807) is 4.72 Å². The van der Waals surface area contributed by atoms with Gasteiger partial charge in [0.05, 0.1) is 24.5 Å². The van der Waals surface area contributed by atoms with E-state index in [9.17, 15) is 35.2 Å². The highest BCUT2D eigenvalue weighted by atomic mass is 32.2. The van der Waals surface area contributed by atoms with Gasteiger partial charge in [0.1, 0.15) is 11.4 Å². The van der Waals surface area contributed by atoms with Crippen molar-refractivity contribution in [1.29, 1.82) is 0 Å². The number of hydrogen-bond donors (Lipinski definition) is 2. The number of hydrogen-bond acceptors (Lipinski definition) is 4. The Kier molecular flexibility index (Phi) is 9.24. The maximum Gasteiger partial charge on any atom is 0.416 e. The van der Waals surface area contributed by atoms with Crippen molar-refractivity contribution in [2.24, 2.45) is 0 Å². The van der Waals surface area contributed by atoms with E-state index in [1.165, 1.54) is 19.1 Å². The second-order valence-corrected chi connectivity index (χ2v) is 9.50. The standard InChI is InChI=1S/C23H25F5N2O4S/c1-4-5-10-34-20-13-17(23(26,27)28)8-6-15(20)7-9-21(31)29-14(2)16-11-18(24)22(19(25)12-16)30-35(3,32)33/h6-9,11-14,30H,4-5,10H2,1-3H3,(H,29,31)/b9-7+/t14-/m1/s1. The first kappa shape index (κ1) is 28.1. The molecule has 1 amide bonds. The van der Waals surface area contributed by atoms with Gasteiger partial charge in [-0.15, -0.1) is 0 Å². The van der Waals surface area contributed by atoms with Crippen molar-refractivity contribution in [2.75, 3.05) is 17.6 Å². The van der Waals surface area contributed by atoms with E-state index in [4.69, 9.17) is 4.74 Å². The number of nitrogens with one attached hydrogen (secondary N) is 2. The van der Waals surface area contributed by atoms with Crippen LogP contribution < -0.4 is 14.8 Å². The number of carbonyl (C=O) groups excluding carboxylic acids is 1. The second kappa shape index (κ2) is 11.5. The molecule has 0 aliphatic carbocycles. The topological polar surface area (TPSA) is 84.5 Å². The van der Waals surface area contributed by atoms with Gasteiger partial charge in [-0.1, -0.05) is 19.4 Å². The Balaban J connectivity index is 2.18. The maximum absolute atomic E-state index is 14.2. The molecular weight excluding hydrogens is 495 g/mol. The van der Waals surface area contributed by atoms with E-state index in [0.717, 1.165) is 43.0 Å². The number of unbranched alkanes of at least 4 members (excludes halogenated alkanes) is 1. The normalized spacial score (nSPS) is 13.0. The largest absolute Gasteiger partial charge is 0.493 e. The lowest BCUT2D eigenvalue weighted by molar-refractivity contribution is -0.137. The van der Waals surface area contributed by atoms with Crippen LogP contribution in [0.25, 0.3) is 6.08 Å². The van der Waals surface area contributed by atoms with Crippen LogP contribution in [0, 0.1) is 11.6 Å². The summed E-state index contributed by atoms with van der Waals surface area (Å²) in [4.78, 5) is 12.3. The zero-order valence-electron chi connectivity index (χ0n) is 19.2. The van der Waals surface area contributed by atoms with Crippen molar-refractivity contribution >= 4 is 27.7 Å². The summed E-state index contributed by atoms with van der Waals surface area (Å²) in [5.41, 5.74) is -1.46. The van der Waals surface area contributed by atoms with E-state index >= 15 is 0 Å². The number of carbonyl (C=O) groups is 1. The highest BCUT2D eigenvalue weighted by Crippen LogP contribution is 2.33. The quantitative estimate of drug-likeness (QED) is 0.249. The average molecular weight is 521 g/mol. The third-order valence-corrected chi connectivity index (χ3v) is 5.30. The molecule has 0 saturated heterocycles. The van der Waals surface area contributed by atoms with E-state index in [-0.39, 0.29) is 23.5 Å². The van der Waals surface area contributed by atoms with Gasteiger partial charge in [0.2, 0.25) is 15.9 Å². The summed E-state index contributed by atoms with van der Waals surface area (Å²) < 4.78 is 97.2. The first-order chi connectivity index (χ1) is 16.2. The van der Waals surface area contributed by atoms with Crippen molar-refractivity contribution < 1.29 is 39.9 Å². The zero-order chi connectivity index (χ0) is 26.4. The fraction of sp³-hybridized carbons (Fsp3) is 0.348. The number of rotatable bonds is 10. The summed E-state index contributed by atoms with van der Waals surface area (Å²) in [6, 6.07) is 3.77. The van der Waals surface area contributed by atoms with Crippen LogP contribution in [0.5, 0.6) is 5.75 Å². The number of halogens is 5. The van der Waals surface area contributed by atoms with Gasteiger partial charge in [0, 0.05) is 11.6 Å². The van der Waals surface area contributed by atoms with Crippen LogP contribution in [-0.2, 0) is 21.0 Å². The molecule has 192 valence electrons. The molecule has 2 aromatic rings. The molecule has 0 radical (unpaired) electrons. The molecular formula is C23H25F5N2O4S. The van der Waals surface area contributed by atoms with Crippen LogP contribution in [0.2, 0.25) is 0 Å². The summed E-state index contributed by atoms with van der Waals surface area (Å²) >= 11 is 0. The lowest BCUT2D eigenvalue weighted by Crippen LogP contribution is -2.25. The number of benzene rings is 2. The highest BCUT2D eigenvalue weighted by molar-refractivity contribution is 7.92. The molecule has 0 unspecified atom stereocenters. The van der Waals surface area contributed by atoms with E-state index in [2.05, 4.69) is 5.32 Å². The van der Waals surface area contributed by atoms with Gasteiger partial charge in [-0.05, 0) is 49.2 Å². The molecule has 2 rings (SSSR count). The monoisotopic (exact) mass is 520 g/mol. The Bertz CT molecular complexity index is 1170. The molecule has 0 heterocycles. The average Bonchev–Trinajstić information content (AvgIpc) is 2.74. The van der Waals surface area contributed by atoms with E-state index in [1.807, 2.05) is 6.92 Å². The molecule has 0 aliphatic rings. The lowest BCUT2D eigenvalue weighted by atomic mass is 10.1. The van der Waals surface area contributed by atoms with Gasteiger partial charge in [-0.2, -0.15) is 13.2 Å². The second-order valence-electron chi connectivity index (χ2n) is 7.75. The minimum Gasteiger partial charge on any atom is -0.493 e. The van der Waals surface area contributed by atoms with Crippen molar-refractivity contribution in [2.45, 2.75) is 38.9 Å². The Labute approximate surface area is 200 Å². The number of sulfonamides is 1. The molecule has 0 aliphatic heterocycles. The van der Waals surface area contributed by atoms with E-state index < -0.39 is 51.0 Å². The number of anilines is 1. The molecule has 0 spiro atoms. The molecule has 1 atom stereocenters. The molecule has 2 aromatic carbocycles. The predicted octanol–water partition coefficient (Wildman–Crippen LogP) is 5.42. The predicted molar refractivity (Wildman–Crippen MR) is 122 cm³/mol. The first-order valence-corrected chi connectivity index (χ1v) is 12.4. The summed E-state index contributed by atoms with van der Waals surface area (Å²) in [6.45, 7) is 3.54. The zero-order valence-corrected chi connectivity index (χ0v) is 20.0. The van der Waals surface area contributed by atoms with Crippen molar-refractivity contribution in [3.8, 4) is 5.75 Å². The lowest BCUT2D eigenvalue weighted by Gasteiger charge is -2.15. The van der Waals surface area contributed by atoms with Gasteiger partial charge in [-0.25, -0.2) is 17.2 Å². The number of alkyl halides is 3. The van der Waals surface area contributed by atoms with Crippen molar-refractivity contribution in [3.63, 3.8) is 0 Å². The SMILES string of the molecule is CCCCOc1cc(C(F)(F)F)ccc1/C=C/C(=O)N[C@H](C)c1cc(F)c(NS(C)(=O)=O)c(F)c1. The summed E-state index contributed by atoms with van der Waals surface area (Å²) in [7, 11) is -3.91. The molecule has 0 fully saturated rings. The highest BCUT2D eigenvalue weighted by Gasteiger charge is 2.31. The number of amides is 1. The van der Waals surface area contributed by atoms with Gasteiger partial charge in [-0.3, -0.25) is 9.52 Å². The van der Waals surface area contributed by atoms with Crippen molar-refractivity contribution in [1.82, 2.24) is 5.32 Å². The third kappa shape index (κ3) is 8.53. The molecule has 6 nitrogen and oxygen atoms in total. The van der Waals surface area contributed by atoms with Gasteiger partial charge < -0.3 is 10.1 Å². The van der Waals surface area contributed by atoms with Crippen molar-refractivity contribution in [3.05, 3.63) is 64.7 Å². The molecule has 0 saturated carbocycles. The fourth-order valence-corrected chi connectivity index (χ4v) is 3.50. The molecule has 2 N–H and O–H groups in total. The van der Waals surface area contributed by atoms with E-state index in [0.29, 0.717) is 6.42 Å². The van der Waals surface area contributed by atoms with Crippen LogP contribution in [0.15, 0.2) is 36.4 Å². The Morgan fingerprint density at radius 2 is 1.77 bits per heavy atom. The minimum absolute atomic E-state index is 0.0268. The van der Waals surface area contributed by atoms with Gasteiger partial charge in [0.15, 0.2) is 11.6 Å². The van der Waals surface area contributed by atoms with Gasteiger partial charge >= 0.3 is 6.18 Å². The van der Waals surface area contributed by atoms with Gasteiger partial charge in [0.25, 0.3) is 0 Å². The molecule has 0 bridgehead atoms.